The highest BCUT2D eigenvalue weighted by Gasteiger charge is 2.09. The highest BCUT2D eigenvalue weighted by molar-refractivity contribution is 6.00. The second-order valence-corrected chi connectivity index (χ2v) is 6.28. The highest BCUT2D eigenvalue weighted by Crippen LogP contribution is 2.14. The zero-order valence-corrected chi connectivity index (χ0v) is 15.4. The molecule has 0 aliphatic rings. The van der Waals surface area contributed by atoms with Gasteiger partial charge in [0.1, 0.15) is 5.75 Å². The molecule has 1 N–H and O–H groups in total. The van der Waals surface area contributed by atoms with Gasteiger partial charge in [-0.2, -0.15) is 5.10 Å². The number of nitrogens with zero attached hydrogens (tertiary/aromatic N) is 2. The van der Waals surface area contributed by atoms with Gasteiger partial charge in [-0.1, -0.05) is 43.3 Å². The molecule has 0 spiro atoms. The topological polar surface area (TPSA) is 36.9 Å². The van der Waals surface area contributed by atoms with Crippen molar-refractivity contribution in [1.29, 1.82) is 0 Å². The molecule has 132 valence electrons. The Bertz CT molecular complexity index is 691. The molecule has 2 aromatic carbocycles. The Morgan fingerprint density at radius 2 is 1.80 bits per heavy atom. The van der Waals surface area contributed by atoms with E-state index in [0.29, 0.717) is 5.92 Å². The van der Waals surface area contributed by atoms with E-state index in [1.165, 1.54) is 0 Å². The zero-order valence-electron chi connectivity index (χ0n) is 15.4. The van der Waals surface area contributed by atoms with Crippen molar-refractivity contribution in [3.05, 3.63) is 66.2 Å². The summed E-state index contributed by atoms with van der Waals surface area (Å²) in [6, 6.07) is 18.0. The van der Waals surface area contributed by atoms with Crippen LogP contribution in [-0.4, -0.2) is 38.4 Å². The number of allylic oxidation sites excluding steroid dienone is 1. The summed E-state index contributed by atoms with van der Waals surface area (Å²) in [5.41, 5.74) is 6.26. The van der Waals surface area contributed by atoms with Gasteiger partial charge in [0.05, 0.1) is 18.5 Å². The Hall–Kier alpha value is -2.59. The minimum Gasteiger partial charge on any atom is -0.497 e. The van der Waals surface area contributed by atoms with Crippen molar-refractivity contribution in [2.45, 2.75) is 6.92 Å². The maximum Gasteiger partial charge on any atom is 0.118 e. The molecular formula is C21H27N3O. The Balaban J connectivity index is 2.16. The average Bonchev–Trinajstić information content (AvgIpc) is 2.62. The van der Waals surface area contributed by atoms with Gasteiger partial charge >= 0.3 is 0 Å². The van der Waals surface area contributed by atoms with Crippen LogP contribution in [0.3, 0.4) is 0 Å². The zero-order chi connectivity index (χ0) is 18.1. The lowest BCUT2D eigenvalue weighted by molar-refractivity contribution is 0.381. The number of benzene rings is 2. The van der Waals surface area contributed by atoms with Gasteiger partial charge in [0.25, 0.3) is 0 Å². The third kappa shape index (κ3) is 6.43. The molecular weight excluding hydrogens is 310 g/mol. The normalized spacial score (nSPS) is 13.2. The number of para-hydroxylation sites is 1. The predicted molar refractivity (Wildman–Crippen MR) is 107 cm³/mol. The smallest absolute Gasteiger partial charge is 0.118 e. The van der Waals surface area contributed by atoms with E-state index in [9.17, 15) is 0 Å². The van der Waals surface area contributed by atoms with E-state index in [1.807, 2.05) is 54.6 Å². The Kier molecular flexibility index (Phi) is 7.23. The molecule has 2 rings (SSSR count). The summed E-state index contributed by atoms with van der Waals surface area (Å²) in [5, 5.41) is 4.62. The monoisotopic (exact) mass is 337 g/mol. The largest absolute Gasteiger partial charge is 0.497 e. The van der Waals surface area contributed by atoms with Crippen LogP contribution in [0.2, 0.25) is 0 Å². The van der Waals surface area contributed by atoms with Crippen molar-refractivity contribution in [2.75, 3.05) is 33.2 Å². The number of hydrazone groups is 1. The molecule has 0 saturated carbocycles. The van der Waals surface area contributed by atoms with Crippen LogP contribution in [-0.2, 0) is 0 Å². The Labute approximate surface area is 150 Å². The van der Waals surface area contributed by atoms with E-state index < -0.39 is 0 Å². The number of anilines is 1. The fourth-order valence-electron chi connectivity index (χ4n) is 2.49. The fraction of sp³-hybridized carbons (Fsp3) is 0.286. The first-order valence-corrected chi connectivity index (χ1v) is 8.44. The molecule has 1 atom stereocenters. The summed E-state index contributed by atoms with van der Waals surface area (Å²) < 4.78 is 5.20. The third-order valence-electron chi connectivity index (χ3n) is 3.79. The lowest BCUT2D eigenvalue weighted by Crippen LogP contribution is -2.25. The van der Waals surface area contributed by atoms with Crippen molar-refractivity contribution in [1.82, 2.24) is 4.90 Å². The van der Waals surface area contributed by atoms with Crippen molar-refractivity contribution >= 4 is 17.5 Å². The molecule has 0 aromatic heterocycles. The predicted octanol–water partition coefficient (Wildman–Crippen LogP) is 4.37. The second kappa shape index (κ2) is 9.64. The number of methoxy groups -OCH3 is 1. The van der Waals surface area contributed by atoms with Crippen molar-refractivity contribution in [3.63, 3.8) is 0 Å². The molecule has 0 fully saturated rings. The van der Waals surface area contributed by atoms with E-state index in [4.69, 9.17) is 4.74 Å². The number of hydrogen-bond donors (Lipinski definition) is 1. The third-order valence-corrected chi connectivity index (χ3v) is 3.79. The first-order chi connectivity index (χ1) is 12.1. The molecule has 0 unspecified atom stereocenters. The van der Waals surface area contributed by atoms with E-state index in [1.54, 1.807) is 7.11 Å². The molecule has 0 aliphatic carbocycles. The van der Waals surface area contributed by atoms with Crippen molar-refractivity contribution in [2.24, 2.45) is 11.0 Å². The summed E-state index contributed by atoms with van der Waals surface area (Å²) in [4.78, 5) is 2.17. The molecule has 0 amide bonds. The van der Waals surface area contributed by atoms with Crippen LogP contribution in [0.15, 0.2) is 65.8 Å². The van der Waals surface area contributed by atoms with Gasteiger partial charge in [-0.3, -0.25) is 5.43 Å². The molecule has 0 bridgehead atoms. The first-order valence-electron chi connectivity index (χ1n) is 8.44. The van der Waals surface area contributed by atoms with Crippen LogP contribution in [0, 0.1) is 5.92 Å². The van der Waals surface area contributed by atoms with E-state index in [0.717, 1.165) is 29.3 Å². The molecule has 0 saturated heterocycles. The fourth-order valence-corrected chi connectivity index (χ4v) is 2.49. The van der Waals surface area contributed by atoms with Crippen LogP contribution in [0.25, 0.3) is 6.08 Å². The molecule has 0 heterocycles. The standard InChI is InChI=1S/C21H27N3O/c1-17(16-24(2)3)21(23-22-19-8-6-5-7-9-19)15-12-18-10-13-20(25-4)14-11-18/h5-15,17,22H,16H2,1-4H3/b15-12-,23-21-/t17-/m0/s1. The van der Waals surface area contributed by atoms with Crippen LogP contribution in [0.1, 0.15) is 12.5 Å². The van der Waals surface area contributed by atoms with Gasteiger partial charge in [0.2, 0.25) is 0 Å². The number of rotatable bonds is 8. The van der Waals surface area contributed by atoms with Crippen LogP contribution >= 0.6 is 0 Å². The lowest BCUT2D eigenvalue weighted by atomic mass is 10.0. The molecule has 2 aromatic rings. The number of ether oxygens (including phenoxy) is 1. The molecule has 4 heteroatoms. The van der Waals surface area contributed by atoms with Gasteiger partial charge in [-0.05, 0) is 50.0 Å². The summed E-state index contributed by atoms with van der Waals surface area (Å²) in [7, 11) is 5.83. The molecule has 0 aliphatic heterocycles. The van der Waals surface area contributed by atoms with Crippen LogP contribution in [0.5, 0.6) is 5.75 Å². The molecule has 25 heavy (non-hydrogen) atoms. The summed E-state index contributed by atoms with van der Waals surface area (Å²) in [6.07, 6.45) is 4.16. The SMILES string of the molecule is COc1ccc(/C=C\C(=N\Nc2ccccc2)[C@@H](C)CN(C)C)cc1. The average molecular weight is 337 g/mol. The number of hydrogen-bond acceptors (Lipinski definition) is 4. The maximum atomic E-state index is 5.20. The van der Waals surface area contributed by atoms with Gasteiger partial charge < -0.3 is 9.64 Å². The maximum absolute atomic E-state index is 5.20. The molecule has 0 radical (unpaired) electrons. The Morgan fingerprint density at radius 1 is 1.12 bits per heavy atom. The van der Waals surface area contributed by atoms with E-state index in [2.05, 4.69) is 48.6 Å². The summed E-state index contributed by atoms with van der Waals surface area (Å²) in [6.45, 7) is 3.12. The second-order valence-electron chi connectivity index (χ2n) is 6.28. The molecule has 4 nitrogen and oxygen atoms in total. The van der Waals surface area contributed by atoms with Crippen LogP contribution < -0.4 is 10.2 Å². The minimum absolute atomic E-state index is 0.306. The van der Waals surface area contributed by atoms with Crippen molar-refractivity contribution in [3.8, 4) is 5.75 Å². The van der Waals surface area contributed by atoms with Gasteiger partial charge in [-0.25, -0.2) is 0 Å². The lowest BCUT2D eigenvalue weighted by Gasteiger charge is -2.17. The summed E-state index contributed by atoms with van der Waals surface area (Å²) >= 11 is 0. The Morgan fingerprint density at radius 3 is 2.40 bits per heavy atom. The number of nitrogens with one attached hydrogen (secondary N) is 1. The van der Waals surface area contributed by atoms with Gasteiger partial charge in [0.15, 0.2) is 0 Å². The summed E-state index contributed by atoms with van der Waals surface area (Å²) in [5.74, 6) is 1.17. The van der Waals surface area contributed by atoms with Crippen LogP contribution in [0.4, 0.5) is 5.69 Å². The van der Waals surface area contributed by atoms with E-state index >= 15 is 0 Å². The quantitative estimate of drug-likeness (QED) is 0.574. The van der Waals surface area contributed by atoms with Gasteiger partial charge in [0, 0.05) is 12.5 Å². The first kappa shape index (κ1) is 18.7. The highest BCUT2D eigenvalue weighted by atomic mass is 16.5. The van der Waals surface area contributed by atoms with Gasteiger partial charge in [-0.15, -0.1) is 0 Å². The van der Waals surface area contributed by atoms with Crippen molar-refractivity contribution < 1.29 is 4.74 Å². The van der Waals surface area contributed by atoms with E-state index in [-0.39, 0.29) is 0 Å². The minimum atomic E-state index is 0.306.